The fraction of sp³-hybridized carbons (Fsp3) is 0.182. The van der Waals surface area contributed by atoms with Gasteiger partial charge in [0, 0.05) is 0 Å². The Morgan fingerprint density at radius 3 is 2.53 bits per heavy atom. The summed E-state index contributed by atoms with van der Waals surface area (Å²) in [6.07, 6.45) is 0. The van der Waals surface area contributed by atoms with E-state index in [1.807, 2.05) is 0 Å². The SMILES string of the molecule is C=C(OCC)C(=O)Oc1ccc(O)cc1. The number of aromatic hydroxyl groups is 1. The molecule has 0 saturated carbocycles. The molecule has 0 aromatic heterocycles. The summed E-state index contributed by atoms with van der Waals surface area (Å²) < 4.78 is 9.79. The molecule has 15 heavy (non-hydrogen) atoms. The molecule has 4 heteroatoms. The van der Waals surface area contributed by atoms with Crippen LogP contribution in [0.4, 0.5) is 0 Å². The smallest absolute Gasteiger partial charge is 0.378 e. The van der Waals surface area contributed by atoms with E-state index in [-0.39, 0.29) is 11.5 Å². The molecule has 1 aromatic carbocycles. The topological polar surface area (TPSA) is 55.8 Å². The summed E-state index contributed by atoms with van der Waals surface area (Å²) in [5, 5.41) is 9.00. The number of hydrogen-bond acceptors (Lipinski definition) is 4. The average Bonchev–Trinajstić information content (AvgIpc) is 2.22. The molecule has 0 amide bonds. The van der Waals surface area contributed by atoms with Gasteiger partial charge in [-0.2, -0.15) is 0 Å². The van der Waals surface area contributed by atoms with Gasteiger partial charge in [-0.3, -0.25) is 0 Å². The highest BCUT2D eigenvalue weighted by Crippen LogP contribution is 2.16. The third-order valence-corrected chi connectivity index (χ3v) is 1.59. The van der Waals surface area contributed by atoms with Crippen LogP contribution in [0.3, 0.4) is 0 Å². The van der Waals surface area contributed by atoms with Gasteiger partial charge >= 0.3 is 5.97 Å². The average molecular weight is 208 g/mol. The summed E-state index contributed by atoms with van der Waals surface area (Å²) in [4.78, 5) is 11.3. The summed E-state index contributed by atoms with van der Waals surface area (Å²) >= 11 is 0. The third kappa shape index (κ3) is 3.34. The summed E-state index contributed by atoms with van der Waals surface area (Å²) in [6.45, 7) is 5.53. The Kier molecular flexibility index (Phi) is 3.74. The molecule has 1 aromatic rings. The predicted octanol–water partition coefficient (Wildman–Crippen LogP) is 1.85. The normalized spacial score (nSPS) is 9.40. The number of carbonyl (C=O) groups is 1. The van der Waals surface area contributed by atoms with Crippen LogP contribution in [0.1, 0.15) is 6.92 Å². The van der Waals surface area contributed by atoms with Crippen molar-refractivity contribution in [1.82, 2.24) is 0 Å². The van der Waals surface area contributed by atoms with E-state index in [2.05, 4.69) is 6.58 Å². The van der Waals surface area contributed by atoms with Gasteiger partial charge in [0.2, 0.25) is 0 Å². The molecular formula is C11H12O4. The Balaban J connectivity index is 2.58. The van der Waals surface area contributed by atoms with Crippen molar-refractivity contribution in [2.75, 3.05) is 6.61 Å². The highest BCUT2D eigenvalue weighted by atomic mass is 16.6. The molecule has 0 heterocycles. The number of phenols is 1. The second kappa shape index (κ2) is 5.05. The van der Waals surface area contributed by atoms with E-state index < -0.39 is 5.97 Å². The lowest BCUT2D eigenvalue weighted by molar-refractivity contribution is -0.133. The van der Waals surface area contributed by atoms with Crippen LogP contribution in [0, 0.1) is 0 Å². The van der Waals surface area contributed by atoms with Crippen LogP contribution in [0.15, 0.2) is 36.6 Å². The summed E-state index contributed by atoms with van der Waals surface area (Å²) in [6, 6.07) is 5.80. The van der Waals surface area contributed by atoms with Crippen molar-refractivity contribution in [3.63, 3.8) is 0 Å². The number of rotatable bonds is 4. The second-order valence-electron chi connectivity index (χ2n) is 2.74. The summed E-state index contributed by atoms with van der Waals surface area (Å²) in [5.41, 5.74) is 0. The van der Waals surface area contributed by atoms with Crippen molar-refractivity contribution < 1.29 is 19.4 Å². The number of phenolic OH excluding ortho intramolecular Hbond substituents is 1. The van der Waals surface area contributed by atoms with Gasteiger partial charge in [0.1, 0.15) is 11.5 Å². The molecule has 0 spiro atoms. The third-order valence-electron chi connectivity index (χ3n) is 1.59. The second-order valence-corrected chi connectivity index (χ2v) is 2.74. The minimum Gasteiger partial charge on any atom is -0.508 e. The molecule has 0 saturated heterocycles. The Labute approximate surface area is 87.7 Å². The molecule has 0 radical (unpaired) electrons. The van der Waals surface area contributed by atoms with Crippen LogP contribution in [0.5, 0.6) is 11.5 Å². The highest BCUT2D eigenvalue weighted by Gasteiger charge is 2.10. The maximum atomic E-state index is 11.3. The standard InChI is InChI=1S/C11H12O4/c1-3-14-8(2)11(13)15-10-6-4-9(12)5-7-10/h4-7,12H,2-3H2,1H3. The fourth-order valence-electron chi connectivity index (χ4n) is 0.911. The van der Waals surface area contributed by atoms with Gasteiger partial charge in [0.05, 0.1) is 6.61 Å². The molecule has 1 rings (SSSR count). The van der Waals surface area contributed by atoms with Gasteiger partial charge in [-0.25, -0.2) is 4.79 Å². The largest absolute Gasteiger partial charge is 0.508 e. The van der Waals surface area contributed by atoms with Crippen molar-refractivity contribution >= 4 is 5.97 Å². The van der Waals surface area contributed by atoms with Gasteiger partial charge in [-0.1, -0.05) is 0 Å². The molecule has 0 bridgehead atoms. The van der Waals surface area contributed by atoms with E-state index >= 15 is 0 Å². The number of esters is 1. The van der Waals surface area contributed by atoms with E-state index in [9.17, 15) is 4.79 Å². The molecule has 0 aliphatic heterocycles. The van der Waals surface area contributed by atoms with E-state index in [1.54, 1.807) is 6.92 Å². The van der Waals surface area contributed by atoms with Gasteiger partial charge in [-0.05, 0) is 37.8 Å². The Bertz CT molecular complexity index is 353. The molecule has 0 aliphatic rings. The van der Waals surface area contributed by atoms with Crippen LogP contribution in [0.25, 0.3) is 0 Å². The van der Waals surface area contributed by atoms with Crippen LogP contribution in [-0.4, -0.2) is 17.7 Å². The van der Waals surface area contributed by atoms with E-state index in [0.717, 1.165) is 0 Å². The van der Waals surface area contributed by atoms with E-state index in [4.69, 9.17) is 14.6 Å². The zero-order valence-electron chi connectivity index (χ0n) is 8.40. The van der Waals surface area contributed by atoms with Crippen molar-refractivity contribution in [2.45, 2.75) is 6.92 Å². The van der Waals surface area contributed by atoms with Crippen molar-refractivity contribution in [2.24, 2.45) is 0 Å². The van der Waals surface area contributed by atoms with Crippen LogP contribution in [-0.2, 0) is 9.53 Å². The number of hydrogen-bond donors (Lipinski definition) is 1. The molecule has 4 nitrogen and oxygen atoms in total. The first-order valence-corrected chi connectivity index (χ1v) is 4.46. The molecular weight excluding hydrogens is 196 g/mol. The Morgan fingerprint density at radius 2 is 2.00 bits per heavy atom. The minimum absolute atomic E-state index is 0.0365. The zero-order valence-corrected chi connectivity index (χ0v) is 8.40. The van der Waals surface area contributed by atoms with Crippen molar-refractivity contribution in [1.29, 1.82) is 0 Å². The highest BCUT2D eigenvalue weighted by molar-refractivity contribution is 5.87. The van der Waals surface area contributed by atoms with Gasteiger partial charge in [0.25, 0.3) is 0 Å². The van der Waals surface area contributed by atoms with Gasteiger partial charge in [-0.15, -0.1) is 0 Å². The quantitative estimate of drug-likeness (QED) is 0.355. The monoisotopic (exact) mass is 208 g/mol. The molecule has 1 N–H and O–H groups in total. The first-order chi connectivity index (χ1) is 7.13. The van der Waals surface area contributed by atoms with E-state index in [0.29, 0.717) is 12.4 Å². The zero-order chi connectivity index (χ0) is 11.3. The lowest BCUT2D eigenvalue weighted by Crippen LogP contribution is -2.12. The summed E-state index contributed by atoms with van der Waals surface area (Å²) in [7, 11) is 0. The van der Waals surface area contributed by atoms with Crippen LogP contribution in [0.2, 0.25) is 0 Å². The minimum atomic E-state index is -0.637. The number of carbonyl (C=O) groups excluding carboxylic acids is 1. The number of ether oxygens (including phenoxy) is 2. The first-order valence-electron chi connectivity index (χ1n) is 4.46. The Hall–Kier alpha value is -1.97. The lowest BCUT2D eigenvalue weighted by Gasteiger charge is -2.06. The van der Waals surface area contributed by atoms with Crippen molar-refractivity contribution in [3.8, 4) is 11.5 Å². The van der Waals surface area contributed by atoms with E-state index in [1.165, 1.54) is 24.3 Å². The first kappa shape index (κ1) is 11.1. The molecule has 80 valence electrons. The maximum absolute atomic E-state index is 11.3. The predicted molar refractivity (Wildman–Crippen MR) is 54.5 cm³/mol. The van der Waals surface area contributed by atoms with Gasteiger partial charge in [0.15, 0.2) is 5.76 Å². The van der Waals surface area contributed by atoms with Crippen molar-refractivity contribution in [3.05, 3.63) is 36.6 Å². The molecule has 0 aliphatic carbocycles. The molecule has 0 fully saturated rings. The van der Waals surface area contributed by atoms with Crippen LogP contribution < -0.4 is 4.74 Å². The lowest BCUT2D eigenvalue weighted by atomic mass is 10.3. The fourth-order valence-corrected chi connectivity index (χ4v) is 0.911. The Morgan fingerprint density at radius 1 is 1.40 bits per heavy atom. The maximum Gasteiger partial charge on any atom is 0.378 e. The molecule has 0 atom stereocenters. The van der Waals surface area contributed by atoms with Crippen LogP contribution >= 0.6 is 0 Å². The summed E-state index contributed by atoms with van der Waals surface area (Å²) in [5.74, 6) is -0.231. The molecule has 0 unspecified atom stereocenters. The number of benzene rings is 1. The van der Waals surface area contributed by atoms with Gasteiger partial charge < -0.3 is 14.6 Å².